The summed E-state index contributed by atoms with van der Waals surface area (Å²) < 4.78 is 2.90. The minimum Gasteiger partial charge on any atom is -0.235 e. The molecule has 0 bridgehead atoms. The zero-order valence-corrected chi connectivity index (χ0v) is 5.69. The molecule has 1 rings (SSSR count). The maximum absolute atomic E-state index is 4.00. The van der Waals surface area contributed by atoms with Crippen molar-refractivity contribution < 1.29 is 0 Å². The molecule has 1 N–H and O–H groups in total. The Morgan fingerprint density at radius 3 is 3.00 bits per heavy atom. The third-order valence-electron chi connectivity index (χ3n) is 0.842. The van der Waals surface area contributed by atoms with Gasteiger partial charge in [-0.05, 0) is 12.1 Å². The van der Waals surface area contributed by atoms with E-state index >= 15 is 0 Å². The van der Waals surface area contributed by atoms with Gasteiger partial charge in [0.1, 0.15) is 0 Å². The Morgan fingerprint density at radius 2 is 2.44 bits per heavy atom. The third-order valence-corrected chi connectivity index (χ3v) is 1.20. The van der Waals surface area contributed by atoms with Crippen LogP contribution in [0.4, 0.5) is 5.82 Å². The SMILES string of the molecule is C=[S+]Nc1ccccn1. The molecule has 2 nitrogen and oxygen atoms in total. The lowest BCUT2D eigenvalue weighted by Crippen LogP contribution is -1.90. The maximum atomic E-state index is 4.00. The number of rotatable bonds is 2. The van der Waals surface area contributed by atoms with Crippen molar-refractivity contribution in [2.75, 3.05) is 4.72 Å². The number of aromatic nitrogens is 1. The predicted molar refractivity (Wildman–Crippen MR) is 42.3 cm³/mol. The Kier molecular flexibility index (Phi) is 2.15. The molecular weight excluding hydrogens is 132 g/mol. The molecule has 0 aliphatic rings. The van der Waals surface area contributed by atoms with Gasteiger partial charge in [-0.25, -0.2) is 4.98 Å². The van der Waals surface area contributed by atoms with Gasteiger partial charge in [-0.15, -0.1) is 4.72 Å². The van der Waals surface area contributed by atoms with Gasteiger partial charge < -0.3 is 0 Å². The molecule has 0 aliphatic heterocycles. The summed E-state index contributed by atoms with van der Waals surface area (Å²) in [4.78, 5) is 4.00. The molecule has 0 amide bonds. The monoisotopic (exact) mass is 139 g/mol. The summed E-state index contributed by atoms with van der Waals surface area (Å²) in [5.41, 5.74) is 0. The first-order valence-corrected chi connectivity index (χ1v) is 3.50. The fraction of sp³-hybridized carbons (Fsp3) is 0. The van der Waals surface area contributed by atoms with Gasteiger partial charge in [-0.1, -0.05) is 6.07 Å². The van der Waals surface area contributed by atoms with Crippen molar-refractivity contribution in [1.29, 1.82) is 0 Å². The summed E-state index contributed by atoms with van der Waals surface area (Å²) in [5, 5.41) is 0. The third kappa shape index (κ3) is 1.77. The molecule has 0 unspecified atom stereocenters. The minimum atomic E-state index is 0.845. The van der Waals surface area contributed by atoms with Crippen LogP contribution in [0.3, 0.4) is 0 Å². The maximum Gasteiger partial charge on any atom is 0.318 e. The Bertz CT molecular complexity index is 186. The summed E-state index contributed by atoms with van der Waals surface area (Å²) in [5.74, 6) is 4.39. The van der Waals surface area contributed by atoms with Gasteiger partial charge in [0.05, 0.1) is 0 Å². The Morgan fingerprint density at radius 1 is 1.56 bits per heavy atom. The largest absolute Gasteiger partial charge is 0.318 e. The average Bonchev–Trinajstić information content (AvgIpc) is 1.91. The topological polar surface area (TPSA) is 24.9 Å². The highest BCUT2D eigenvalue weighted by atomic mass is 32.1. The molecule has 1 aromatic heterocycles. The molecule has 46 valence electrons. The summed E-state index contributed by atoms with van der Waals surface area (Å²) >= 11 is 1.29. The van der Waals surface area contributed by atoms with Crippen molar-refractivity contribution in [3.8, 4) is 0 Å². The van der Waals surface area contributed by atoms with E-state index in [0.717, 1.165) is 5.82 Å². The molecule has 0 saturated heterocycles. The predicted octanol–water partition coefficient (Wildman–Crippen LogP) is 0.923. The Balaban J connectivity index is 2.72. The average molecular weight is 139 g/mol. The first-order valence-electron chi connectivity index (χ1n) is 2.51. The molecule has 9 heavy (non-hydrogen) atoms. The van der Waals surface area contributed by atoms with Crippen molar-refractivity contribution >= 4 is 23.2 Å². The van der Waals surface area contributed by atoms with Gasteiger partial charge in [-0.2, -0.15) is 0 Å². The van der Waals surface area contributed by atoms with Crippen LogP contribution in [0.25, 0.3) is 0 Å². The molecule has 3 heteroatoms. The van der Waals surface area contributed by atoms with Gasteiger partial charge >= 0.3 is 11.5 Å². The van der Waals surface area contributed by atoms with Crippen LogP contribution in [0.1, 0.15) is 0 Å². The van der Waals surface area contributed by atoms with Crippen LogP contribution >= 0.6 is 0 Å². The molecule has 1 aromatic rings. The van der Waals surface area contributed by atoms with Gasteiger partial charge in [0.15, 0.2) is 11.7 Å². The fourth-order valence-electron chi connectivity index (χ4n) is 0.497. The molecule has 0 aromatic carbocycles. The molecule has 0 atom stereocenters. The van der Waals surface area contributed by atoms with Crippen LogP contribution in [0.2, 0.25) is 0 Å². The van der Waals surface area contributed by atoms with E-state index in [2.05, 4.69) is 15.6 Å². The molecule has 0 saturated carbocycles. The highest BCUT2D eigenvalue weighted by molar-refractivity contribution is 7.77. The Hall–Kier alpha value is -0.960. The second kappa shape index (κ2) is 3.14. The highest BCUT2D eigenvalue weighted by Gasteiger charge is 1.90. The molecule has 0 aliphatic carbocycles. The standard InChI is InChI=1S/C6H7N2S/c1-9-8-6-4-2-3-5-7-6/h2-5H,1H2,(H,7,8)/q+1. The highest BCUT2D eigenvalue weighted by Crippen LogP contribution is 1.96. The van der Waals surface area contributed by atoms with E-state index in [0.29, 0.717) is 0 Å². The zero-order chi connectivity index (χ0) is 6.53. The van der Waals surface area contributed by atoms with E-state index in [1.54, 1.807) is 6.20 Å². The van der Waals surface area contributed by atoms with Gasteiger partial charge in [0.2, 0.25) is 0 Å². The van der Waals surface area contributed by atoms with Crippen LogP contribution in [0.5, 0.6) is 0 Å². The molecular formula is C6H7N2S+. The van der Waals surface area contributed by atoms with Crippen LogP contribution in [-0.2, 0) is 11.5 Å². The van der Waals surface area contributed by atoms with E-state index < -0.39 is 0 Å². The summed E-state index contributed by atoms with van der Waals surface area (Å²) in [6.45, 7) is 0. The van der Waals surface area contributed by atoms with Crippen LogP contribution in [0.15, 0.2) is 24.4 Å². The summed E-state index contributed by atoms with van der Waals surface area (Å²) in [6.07, 6.45) is 1.73. The number of hydrogen-bond donors (Lipinski definition) is 1. The lowest BCUT2D eigenvalue weighted by Gasteiger charge is -1.85. The van der Waals surface area contributed by atoms with Crippen LogP contribution < -0.4 is 4.72 Å². The van der Waals surface area contributed by atoms with Gasteiger partial charge in [0, 0.05) is 6.20 Å². The van der Waals surface area contributed by atoms with Crippen LogP contribution in [-0.4, -0.2) is 10.9 Å². The number of pyridine rings is 1. The first-order chi connectivity index (χ1) is 4.43. The van der Waals surface area contributed by atoms with Gasteiger partial charge in [-0.3, -0.25) is 0 Å². The summed E-state index contributed by atoms with van der Waals surface area (Å²) in [7, 11) is 0. The van der Waals surface area contributed by atoms with Gasteiger partial charge in [0.25, 0.3) is 0 Å². The van der Waals surface area contributed by atoms with Crippen molar-refractivity contribution in [2.45, 2.75) is 0 Å². The molecule has 1 heterocycles. The molecule has 0 spiro atoms. The number of anilines is 1. The van der Waals surface area contributed by atoms with Crippen molar-refractivity contribution in [3.05, 3.63) is 24.4 Å². The quantitative estimate of drug-likeness (QED) is 0.374. The second-order valence-corrected chi connectivity index (χ2v) is 1.95. The molecule has 0 fully saturated rings. The number of nitrogens with zero attached hydrogens (tertiary/aromatic N) is 1. The summed E-state index contributed by atoms with van der Waals surface area (Å²) in [6, 6.07) is 5.68. The zero-order valence-electron chi connectivity index (χ0n) is 4.87. The van der Waals surface area contributed by atoms with Crippen molar-refractivity contribution in [2.24, 2.45) is 0 Å². The lowest BCUT2D eigenvalue weighted by molar-refractivity contribution is 1.34. The van der Waals surface area contributed by atoms with Crippen molar-refractivity contribution in [1.82, 2.24) is 4.98 Å². The first kappa shape index (κ1) is 6.16. The van der Waals surface area contributed by atoms with Crippen LogP contribution in [0, 0.1) is 0 Å². The number of nitrogens with one attached hydrogen (secondary N) is 1. The normalized spacial score (nSPS) is 8.44. The van der Waals surface area contributed by atoms with E-state index in [9.17, 15) is 0 Å². The van der Waals surface area contributed by atoms with Crippen molar-refractivity contribution in [3.63, 3.8) is 0 Å². The lowest BCUT2D eigenvalue weighted by atomic mass is 10.5. The van der Waals surface area contributed by atoms with E-state index in [-0.39, 0.29) is 0 Å². The Labute approximate surface area is 58.0 Å². The van der Waals surface area contributed by atoms with E-state index in [4.69, 9.17) is 0 Å². The second-order valence-electron chi connectivity index (χ2n) is 1.46. The fourth-order valence-corrected chi connectivity index (χ4v) is 0.766. The number of hydrogen-bond acceptors (Lipinski definition) is 2. The van der Waals surface area contributed by atoms with E-state index in [1.165, 1.54) is 11.5 Å². The molecule has 0 radical (unpaired) electrons. The van der Waals surface area contributed by atoms with E-state index in [1.807, 2.05) is 18.2 Å². The smallest absolute Gasteiger partial charge is 0.235 e. The minimum absolute atomic E-state index is 0.845.